The van der Waals surface area contributed by atoms with Crippen molar-refractivity contribution in [3.8, 4) is 0 Å². The fourth-order valence-electron chi connectivity index (χ4n) is 1.93. The van der Waals surface area contributed by atoms with E-state index in [-0.39, 0.29) is 24.3 Å². The molecule has 0 fully saturated rings. The molecule has 1 aromatic rings. The molecule has 0 heterocycles. The van der Waals surface area contributed by atoms with E-state index in [9.17, 15) is 9.59 Å². The van der Waals surface area contributed by atoms with Crippen LogP contribution in [-0.2, 0) is 9.59 Å². The van der Waals surface area contributed by atoms with Crippen molar-refractivity contribution < 1.29 is 9.59 Å². The third kappa shape index (κ3) is 6.27. The first-order valence-electron chi connectivity index (χ1n) is 6.85. The third-order valence-corrected chi connectivity index (χ3v) is 3.68. The average molecular weight is 356 g/mol. The zero-order valence-electron chi connectivity index (χ0n) is 12.6. The number of rotatable bonds is 7. The van der Waals surface area contributed by atoms with Gasteiger partial charge < -0.3 is 15.5 Å². The second-order valence-corrected chi connectivity index (χ2v) is 5.84. The van der Waals surface area contributed by atoms with Gasteiger partial charge in [-0.2, -0.15) is 0 Å². The van der Waals surface area contributed by atoms with E-state index in [1.165, 1.54) is 6.92 Å². The summed E-state index contributed by atoms with van der Waals surface area (Å²) in [6.45, 7) is 2.84. The van der Waals surface area contributed by atoms with Crippen LogP contribution in [0.5, 0.6) is 0 Å². The number of halogens is 1. The molecule has 2 N–H and O–H groups in total. The molecule has 1 aromatic carbocycles. The van der Waals surface area contributed by atoms with E-state index < -0.39 is 0 Å². The first kappa shape index (κ1) is 17.7. The molecule has 0 saturated heterocycles. The number of likely N-dealkylation sites (N-methyl/N-ethyl adjacent to an activating group) is 2. The molecular formula is C15H22BrN3O2. The van der Waals surface area contributed by atoms with Gasteiger partial charge in [0.15, 0.2) is 0 Å². The second-order valence-electron chi connectivity index (χ2n) is 4.93. The van der Waals surface area contributed by atoms with Gasteiger partial charge in [-0.25, -0.2) is 0 Å². The number of amides is 2. The molecule has 2 amide bonds. The maximum atomic E-state index is 12.2. The Hall–Kier alpha value is -1.40. The van der Waals surface area contributed by atoms with Crippen molar-refractivity contribution in [2.45, 2.75) is 19.4 Å². The molecule has 0 saturated carbocycles. The summed E-state index contributed by atoms with van der Waals surface area (Å²) >= 11 is 3.38. The molecule has 1 atom stereocenters. The number of hydrogen-bond donors (Lipinski definition) is 2. The van der Waals surface area contributed by atoms with Gasteiger partial charge in [0.2, 0.25) is 11.8 Å². The molecule has 0 aliphatic carbocycles. The summed E-state index contributed by atoms with van der Waals surface area (Å²) in [7, 11) is 3.62. The van der Waals surface area contributed by atoms with Gasteiger partial charge in [0, 0.05) is 31.5 Å². The lowest BCUT2D eigenvalue weighted by atomic mass is 10.0. The van der Waals surface area contributed by atoms with Crippen LogP contribution in [0.1, 0.15) is 24.9 Å². The Kier molecular flexibility index (Phi) is 7.39. The van der Waals surface area contributed by atoms with Gasteiger partial charge in [0.05, 0.1) is 12.5 Å². The molecule has 0 aliphatic rings. The highest BCUT2D eigenvalue weighted by Crippen LogP contribution is 2.20. The van der Waals surface area contributed by atoms with Gasteiger partial charge >= 0.3 is 0 Å². The Bertz CT molecular complexity index is 476. The Morgan fingerprint density at radius 1 is 1.29 bits per heavy atom. The zero-order valence-corrected chi connectivity index (χ0v) is 14.2. The number of benzene rings is 1. The van der Waals surface area contributed by atoms with Crippen molar-refractivity contribution in [3.63, 3.8) is 0 Å². The van der Waals surface area contributed by atoms with E-state index in [1.807, 2.05) is 31.3 Å². The first-order chi connectivity index (χ1) is 9.93. The Labute approximate surface area is 134 Å². The smallest absolute Gasteiger partial charge is 0.224 e. The maximum absolute atomic E-state index is 12.2. The standard InChI is InChI=1S/C15H22BrN3O2/c1-11(20)18-14(12-4-6-13(16)7-5-12)10-15(21)19(3)9-8-17-2/h4-7,14,17H,8-10H2,1-3H3,(H,18,20). The van der Waals surface area contributed by atoms with Crippen LogP contribution >= 0.6 is 15.9 Å². The largest absolute Gasteiger partial charge is 0.349 e. The van der Waals surface area contributed by atoms with Crippen molar-refractivity contribution in [2.24, 2.45) is 0 Å². The molecule has 0 bridgehead atoms. The molecule has 0 aromatic heterocycles. The molecule has 6 heteroatoms. The number of carbonyl (C=O) groups excluding carboxylic acids is 2. The minimum absolute atomic E-state index is 0.00641. The Balaban J connectivity index is 2.76. The minimum Gasteiger partial charge on any atom is -0.349 e. The van der Waals surface area contributed by atoms with Gasteiger partial charge in [-0.15, -0.1) is 0 Å². The average Bonchev–Trinajstić information content (AvgIpc) is 2.44. The monoisotopic (exact) mass is 355 g/mol. The molecular weight excluding hydrogens is 334 g/mol. The zero-order chi connectivity index (χ0) is 15.8. The molecule has 1 unspecified atom stereocenters. The van der Waals surface area contributed by atoms with Crippen molar-refractivity contribution >= 4 is 27.7 Å². The van der Waals surface area contributed by atoms with Crippen LogP contribution in [-0.4, -0.2) is 43.9 Å². The summed E-state index contributed by atoms with van der Waals surface area (Å²) in [5.41, 5.74) is 0.920. The van der Waals surface area contributed by atoms with Gasteiger partial charge in [0.1, 0.15) is 0 Å². The summed E-state index contributed by atoms with van der Waals surface area (Å²) in [6, 6.07) is 7.32. The number of nitrogens with one attached hydrogen (secondary N) is 2. The van der Waals surface area contributed by atoms with E-state index in [1.54, 1.807) is 11.9 Å². The molecule has 116 valence electrons. The minimum atomic E-state index is -0.305. The normalized spacial score (nSPS) is 11.8. The van der Waals surface area contributed by atoms with Crippen LogP contribution < -0.4 is 10.6 Å². The fourth-order valence-corrected chi connectivity index (χ4v) is 2.19. The Morgan fingerprint density at radius 3 is 2.43 bits per heavy atom. The van der Waals surface area contributed by atoms with E-state index in [0.29, 0.717) is 6.54 Å². The predicted molar refractivity (Wildman–Crippen MR) is 86.9 cm³/mol. The van der Waals surface area contributed by atoms with E-state index in [2.05, 4.69) is 26.6 Å². The van der Waals surface area contributed by atoms with E-state index in [0.717, 1.165) is 16.6 Å². The highest BCUT2D eigenvalue weighted by atomic mass is 79.9. The highest BCUT2D eigenvalue weighted by molar-refractivity contribution is 9.10. The van der Waals surface area contributed by atoms with Gasteiger partial charge in [0.25, 0.3) is 0 Å². The first-order valence-corrected chi connectivity index (χ1v) is 7.64. The van der Waals surface area contributed by atoms with Crippen molar-refractivity contribution in [3.05, 3.63) is 34.3 Å². The molecule has 0 aliphatic heterocycles. The summed E-state index contributed by atoms with van der Waals surface area (Å²) in [4.78, 5) is 25.3. The quantitative estimate of drug-likeness (QED) is 0.782. The van der Waals surface area contributed by atoms with Gasteiger partial charge in [-0.05, 0) is 24.7 Å². The number of hydrogen-bond acceptors (Lipinski definition) is 3. The molecule has 0 radical (unpaired) electrons. The predicted octanol–water partition coefficient (Wildman–Crippen LogP) is 1.69. The topological polar surface area (TPSA) is 61.4 Å². The van der Waals surface area contributed by atoms with Crippen LogP contribution in [0.4, 0.5) is 0 Å². The summed E-state index contributed by atoms with van der Waals surface area (Å²) in [6.07, 6.45) is 0.251. The van der Waals surface area contributed by atoms with Crippen LogP contribution in [0.3, 0.4) is 0 Å². The summed E-state index contributed by atoms with van der Waals surface area (Å²) < 4.78 is 0.963. The van der Waals surface area contributed by atoms with E-state index in [4.69, 9.17) is 0 Å². The Morgan fingerprint density at radius 2 is 1.90 bits per heavy atom. The van der Waals surface area contributed by atoms with Gasteiger partial charge in [-0.3, -0.25) is 9.59 Å². The van der Waals surface area contributed by atoms with E-state index >= 15 is 0 Å². The van der Waals surface area contributed by atoms with Crippen LogP contribution in [0.2, 0.25) is 0 Å². The van der Waals surface area contributed by atoms with Gasteiger partial charge in [-0.1, -0.05) is 28.1 Å². The number of nitrogens with zero attached hydrogens (tertiary/aromatic N) is 1. The van der Waals surface area contributed by atoms with Crippen LogP contribution in [0.15, 0.2) is 28.7 Å². The lowest BCUT2D eigenvalue weighted by Crippen LogP contribution is -2.36. The summed E-state index contributed by atoms with van der Waals surface area (Å²) in [5, 5.41) is 5.85. The molecule has 0 spiro atoms. The van der Waals surface area contributed by atoms with Crippen LogP contribution in [0, 0.1) is 0 Å². The van der Waals surface area contributed by atoms with Crippen molar-refractivity contribution in [1.82, 2.24) is 15.5 Å². The van der Waals surface area contributed by atoms with Crippen molar-refractivity contribution in [1.29, 1.82) is 0 Å². The maximum Gasteiger partial charge on any atom is 0.224 e. The fraction of sp³-hybridized carbons (Fsp3) is 0.467. The van der Waals surface area contributed by atoms with Crippen LogP contribution in [0.25, 0.3) is 0 Å². The lowest BCUT2D eigenvalue weighted by Gasteiger charge is -2.22. The SMILES string of the molecule is CNCCN(C)C(=O)CC(NC(C)=O)c1ccc(Br)cc1. The third-order valence-electron chi connectivity index (χ3n) is 3.15. The molecule has 1 rings (SSSR count). The number of carbonyl (C=O) groups is 2. The highest BCUT2D eigenvalue weighted by Gasteiger charge is 2.19. The summed E-state index contributed by atoms with van der Waals surface area (Å²) in [5.74, 6) is -0.138. The second kappa shape index (κ2) is 8.79. The molecule has 5 nitrogen and oxygen atoms in total. The lowest BCUT2D eigenvalue weighted by molar-refractivity contribution is -0.130. The van der Waals surface area contributed by atoms with Crippen molar-refractivity contribution in [2.75, 3.05) is 27.2 Å². The molecule has 21 heavy (non-hydrogen) atoms.